The summed E-state index contributed by atoms with van der Waals surface area (Å²) < 4.78 is 38.9. The highest BCUT2D eigenvalue weighted by Gasteiger charge is 2.44. The summed E-state index contributed by atoms with van der Waals surface area (Å²) in [6, 6.07) is 6.27. The second-order valence-electron chi connectivity index (χ2n) is 8.96. The standard InChI is InChI=1S/C23H24F3N5O2S/c1-13-9-14(11-15(10-13)30-20-28-8-3-17(31-20)23(24,25)26)16-12-29-19(34-16)22(33)6-4-21(2,5-7-22)18(27)32/h3,8-12,33H,4-7H2,1-2H3,(H2,27,32)(H,28,30,31). The van der Waals surface area contributed by atoms with Crippen LogP contribution in [0.1, 0.15) is 48.9 Å². The van der Waals surface area contributed by atoms with E-state index in [0.29, 0.717) is 36.4 Å². The van der Waals surface area contributed by atoms with Gasteiger partial charge in [-0.2, -0.15) is 13.2 Å². The van der Waals surface area contributed by atoms with Gasteiger partial charge >= 0.3 is 6.18 Å². The number of carbonyl (C=O) groups is 1. The Hall–Kier alpha value is -3.05. The van der Waals surface area contributed by atoms with Crippen molar-refractivity contribution in [3.8, 4) is 10.4 Å². The molecule has 180 valence electrons. The van der Waals surface area contributed by atoms with Gasteiger partial charge in [0.05, 0.1) is 4.88 Å². The number of carbonyl (C=O) groups excluding carboxylic acids is 1. The third kappa shape index (κ3) is 4.90. The van der Waals surface area contributed by atoms with Gasteiger partial charge in [0.25, 0.3) is 0 Å². The molecule has 0 saturated heterocycles. The van der Waals surface area contributed by atoms with Gasteiger partial charge in [0.15, 0.2) is 0 Å². The highest BCUT2D eigenvalue weighted by atomic mass is 32.1. The third-order valence-electron chi connectivity index (χ3n) is 6.24. The molecule has 0 unspecified atom stereocenters. The normalized spacial score (nSPS) is 23.0. The summed E-state index contributed by atoms with van der Waals surface area (Å²) >= 11 is 1.34. The minimum absolute atomic E-state index is 0.162. The van der Waals surface area contributed by atoms with Crippen molar-refractivity contribution in [2.45, 2.75) is 51.3 Å². The number of nitrogens with two attached hydrogens (primary N) is 1. The third-order valence-corrected chi connectivity index (χ3v) is 7.48. The van der Waals surface area contributed by atoms with Crippen molar-refractivity contribution in [2.24, 2.45) is 11.1 Å². The highest BCUT2D eigenvalue weighted by Crippen LogP contribution is 2.47. The summed E-state index contributed by atoms with van der Waals surface area (Å²) in [6.07, 6.45) is -0.131. The molecule has 0 bridgehead atoms. The van der Waals surface area contributed by atoms with Gasteiger partial charge < -0.3 is 16.2 Å². The van der Waals surface area contributed by atoms with E-state index in [1.165, 1.54) is 11.3 Å². The van der Waals surface area contributed by atoms with E-state index < -0.39 is 22.9 Å². The van der Waals surface area contributed by atoms with Crippen LogP contribution in [0.3, 0.4) is 0 Å². The number of halogens is 3. The molecule has 3 aromatic rings. The number of alkyl halides is 3. The predicted octanol–water partition coefficient (Wildman–Crippen LogP) is 4.92. The molecule has 11 heteroatoms. The monoisotopic (exact) mass is 491 g/mol. The molecule has 1 fully saturated rings. The number of nitrogens with zero attached hydrogens (tertiary/aromatic N) is 3. The summed E-state index contributed by atoms with van der Waals surface area (Å²) in [5.74, 6) is -0.524. The second kappa shape index (κ2) is 8.62. The van der Waals surface area contributed by atoms with Gasteiger partial charge in [-0.25, -0.2) is 15.0 Å². The summed E-state index contributed by atoms with van der Waals surface area (Å²) in [5.41, 5.74) is 4.92. The summed E-state index contributed by atoms with van der Waals surface area (Å²) in [5, 5.41) is 14.6. The molecule has 4 rings (SSSR count). The number of hydrogen-bond acceptors (Lipinski definition) is 7. The van der Waals surface area contributed by atoms with E-state index in [0.717, 1.165) is 28.3 Å². The van der Waals surface area contributed by atoms with Crippen LogP contribution in [0.15, 0.2) is 36.7 Å². The lowest BCUT2D eigenvalue weighted by molar-refractivity contribution is -0.141. The second-order valence-corrected chi connectivity index (χ2v) is 9.99. The van der Waals surface area contributed by atoms with Crippen LogP contribution in [-0.2, 0) is 16.6 Å². The van der Waals surface area contributed by atoms with E-state index in [2.05, 4.69) is 20.3 Å². The number of anilines is 2. The zero-order valence-corrected chi connectivity index (χ0v) is 19.4. The van der Waals surface area contributed by atoms with Crippen LogP contribution in [0.2, 0.25) is 0 Å². The van der Waals surface area contributed by atoms with Crippen LogP contribution in [-0.4, -0.2) is 26.0 Å². The van der Waals surface area contributed by atoms with Crippen LogP contribution in [0.5, 0.6) is 0 Å². The number of aromatic nitrogens is 3. The molecule has 1 aliphatic carbocycles. The van der Waals surface area contributed by atoms with Crippen molar-refractivity contribution in [3.05, 3.63) is 52.9 Å². The number of hydrogen-bond donors (Lipinski definition) is 3. The van der Waals surface area contributed by atoms with Crippen LogP contribution in [0.4, 0.5) is 24.8 Å². The molecule has 1 saturated carbocycles. The van der Waals surface area contributed by atoms with Crippen molar-refractivity contribution in [1.29, 1.82) is 0 Å². The number of benzene rings is 1. The number of amides is 1. The fourth-order valence-corrected chi connectivity index (χ4v) is 5.05. The number of primary amides is 1. The van der Waals surface area contributed by atoms with Gasteiger partial charge in [-0.1, -0.05) is 13.0 Å². The molecular weight excluding hydrogens is 467 g/mol. The molecule has 34 heavy (non-hydrogen) atoms. The Morgan fingerprint density at radius 3 is 2.53 bits per heavy atom. The number of aliphatic hydroxyl groups is 1. The molecular formula is C23H24F3N5O2S. The molecule has 4 N–H and O–H groups in total. The average Bonchev–Trinajstić information content (AvgIpc) is 3.26. The van der Waals surface area contributed by atoms with Crippen molar-refractivity contribution < 1.29 is 23.1 Å². The first-order chi connectivity index (χ1) is 15.9. The van der Waals surface area contributed by atoms with Crippen LogP contribution >= 0.6 is 11.3 Å². The minimum atomic E-state index is -4.57. The van der Waals surface area contributed by atoms with E-state index in [4.69, 9.17) is 5.73 Å². The lowest BCUT2D eigenvalue weighted by Crippen LogP contribution is -2.42. The molecule has 1 amide bonds. The molecule has 2 heterocycles. The number of nitrogens with one attached hydrogen (secondary N) is 1. The predicted molar refractivity (Wildman–Crippen MR) is 122 cm³/mol. The molecule has 7 nitrogen and oxygen atoms in total. The van der Waals surface area contributed by atoms with E-state index in [1.807, 2.05) is 19.9 Å². The van der Waals surface area contributed by atoms with Gasteiger partial charge in [-0.15, -0.1) is 11.3 Å². The number of thiazole rings is 1. The Labute approximate surface area is 198 Å². The topological polar surface area (TPSA) is 114 Å². The SMILES string of the molecule is Cc1cc(Nc2nccc(C(F)(F)F)n2)cc(-c2cnc(C3(O)CCC(C)(C(N)=O)CC3)s2)c1. The van der Waals surface area contributed by atoms with Crippen LogP contribution in [0, 0.1) is 12.3 Å². The van der Waals surface area contributed by atoms with E-state index >= 15 is 0 Å². The molecule has 0 aliphatic heterocycles. The maximum absolute atomic E-state index is 13.0. The Bertz CT molecular complexity index is 1220. The Balaban J connectivity index is 1.56. The summed E-state index contributed by atoms with van der Waals surface area (Å²) in [6.45, 7) is 3.68. The Morgan fingerprint density at radius 2 is 1.88 bits per heavy atom. The molecule has 1 aliphatic rings. The number of rotatable bonds is 5. The van der Waals surface area contributed by atoms with Gasteiger partial charge in [-0.05, 0) is 61.9 Å². The quantitative estimate of drug-likeness (QED) is 0.467. The van der Waals surface area contributed by atoms with E-state index in [1.54, 1.807) is 18.3 Å². The lowest BCUT2D eigenvalue weighted by Gasteiger charge is -2.39. The highest BCUT2D eigenvalue weighted by molar-refractivity contribution is 7.15. The fraction of sp³-hybridized carbons (Fsp3) is 0.391. The molecule has 2 aromatic heterocycles. The Kier molecular flexibility index (Phi) is 6.11. The van der Waals surface area contributed by atoms with Crippen molar-refractivity contribution in [2.75, 3.05) is 5.32 Å². The van der Waals surface area contributed by atoms with Gasteiger partial charge in [0.1, 0.15) is 16.3 Å². The van der Waals surface area contributed by atoms with E-state index in [9.17, 15) is 23.1 Å². The minimum Gasteiger partial charge on any atom is -0.383 e. The van der Waals surface area contributed by atoms with Crippen molar-refractivity contribution >= 4 is 28.9 Å². The molecule has 0 spiro atoms. The van der Waals surface area contributed by atoms with Crippen LogP contribution in [0.25, 0.3) is 10.4 Å². The van der Waals surface area contributed by atoms with E-state index in [-0.39, 0.29) is 11.9 Å². The first-order valence-corrected chi connectivity index (χ1v) is 11.5. The van der Waals surface area contributed by atoms with Gasteiger partial charge in [0.2, 0.25) is 11.9 Å². The van der Waals surface area contributed by atoms with Crippen molar-refractivity contribution in [3.63, 3.8) is 0 Å². The van der Waals surface area contributed by atoms with Crippen LogP contribution < -0.4 is 11.1 Å². The van der Waals surface area contributed by atoms with Crippen molar-refractivity contribution in [1.82, 2.24) is 15.0 Å². The lowest BCUT2D eigenvalue weighted by atomic mass is 9.69. The number of aryl methyl sites for hydroxylation is 1. The summed E-state index contributed by atoms with van der Waals surface area (Å²) in [4.78, 5) is 24.4. The fourth-order valence-electron chi connectivity index (χ4n) is 4.00. The largest absolute Gasteiger partial charge is 0.433 e. The maximum atomic E-state index is 13.0. The zero-order chi connectivity index (χ0) is 24.7. The maximum Gasteiger partial charge on any atom is 0.433 e. The smallest absolute Gasteiger partial charge is 0.383 e. The first kappa shape index (κ1) is 24.1. The molecule has 0 radical (unpaired) electrons. The van der Waals surface area contributed by atoms with Gasteiger partial charge in [-0.3, -0.25) is 4.79 Å². The average molecular weight is 492 g/mol. The zero-order valence-electron chi connectivity index (χ0n) is 18.6. The summed E-state index contributed by atoms with van der Waals surface area (Å²) in [7, 11) is 0. The Morgan fingerprint density at radius 1 is 1.18 bits per heavy atom. The molecule has 1 aromatic carbocycles. The van der Waals surface area contributed by atoms with Gasteiger partial charge in [0, 0.05) is 23.5 Å². The molecule has 0 atom stereocenters. The first-order valence-electron chi connectivity index (χ1n) is 10.7.